The molecule has 1 amide bonds. The van der Waals surface area contributed by atoms with Gasteiger partial charge >= 0.3 is 0 Å². The smallest absolute Gasteiger partial charge is 0.254 e. The monoisotopic (exact) mass is 252 g/mol. The van der Waals surface area contributed by atoms with Crippen molar-refractivity contribution in [2.75, 3.05) is 25.4 Å². The predicted molar refractivity (Wildman–Crippen MR) is 66.6 cm³/mol. The molecule has 0 aromatic heterocycles. The lowest BCUT2D eigenvalue weighted by Crippen LogP contribution is -2.29. The Hall–Kier alpha value is -1.62. The number of benzene rings is 1. The van der Waals surface area contributed by atoms with E-state index in [0.717, 1.165) is 6.42 Å². The fraction of sp³-hybridized carbons (Fsp3) is 0.462. The second-order valence-electron chi connectivity index (χ2n) is 4.76. The molecule has 1 unspecified atom stereocenters. The van der Waals surface area contributed by atoms with Gasteiger partial charge in [-0.3, -0.25) is 4.79 Å². The van der Waals surface area contributed by atoms with Gasteiger partial charge in [-0.1, -0.05) is 0 Å². The number of aliphatic hydroxyl groups is 1. The SMILES string of the molecule is Cc1c(N)cc(C(=O)N2CCC(CO)C2)cc1F. The average Bonchev–Trinajstić information content (AvgIpc) is 2.83. The van der Waals surface area contributed by atoms with Crippen LogP contribution in [0, 0.1) is 18.7 Å². The second kappa shape index (κ2) is 4.94. The van der Waals surface area contributed by atoms with Gasteiger partial charge in [0.25, 0.3) is 5.91 Å². The molecule has 0 radical (unpaired) electrons. The highest BCUT2D eigenvalue weighted by molar-refractivity contribution is 5.95. The van der Waals surface area contributed by atoms with Crippen molar-refractivity contribution in [1.82, 2.24) is 4.90 Å². The van der Waals surface area contributed by atoms with Crippen LogP contribution in [0.4, 0.5) is 10.1 Å². The Morgan fingerprint density at radius 2 is 2.33 bits per heavy atom. The molecule has 1 saturated heterocycles. The quantitative estimate of drug-likeness (QED) is 0.776. The van der Waals surface area contributed by atoms with Crippen molar-refractivity contribution in [1.29, 1.82) is 0 Å². The van der Waals surface area contributed by atoms with Crippen LogP contribution in [0.25, 0.3) is 0 Å². The zero-order valence-electron chi connectivity index (χ0n) is 10.3. The summed E-state index contributed by atoms with van der Waals surface area (Å²) in [7, 11) is 0. The molecule has 5 heteroatoms. The highest BCUT2D eigenvalue weighted by atomic mass is 19.1. The number of nitrogens with two attached hydrogens (primary N) is 1. The van der Waals surface area contributed by atoms with E-state index in [4.69, 9.17) is 10.8 Å². The van der Waals surface area contributed by atoms with E-state index in [2.05, 4.69) is 0 Å². The van der Waals surface area contributed by atoms with Gasteiger partial charge in [-0.2, -0.15) is 0 Å². The Bertz CT molecular complexity index is 453. The number of halogens is 1. The van der Waals surface area contributed by atoms with Gasteiger partial charge in [0.15, 0.2) is 0 Å². The zero-order valence-corrected chi connectivity index (χ0v) is 10.3. The highest BCUT2D eigenvalue weighted by Crippen LogP contribution is 2.22. The van der Waals surface area contributed by atoms with Gasteiger partial charge in [0.2, 0.25) is 0 Å². The Balaban J connectivity index is 2.19. The van der Waals surface area contributed by atoms with Crippen LogP contribution in [-0.4, -0.2) is 35.6 Å². The number of nitrogens with zero attached hydrogens (tertiary/aromatic N) is 1. The van der Waals surface area contributed by atoms with Crippen LogP contribution in [-0.2, 0) is 0 Å². The maximum atomic E-state index is 13.5. The molecule has 1 atom stereocenters. The van der Waals surface area contributed by atoms with Gasteiger partial charge in [0.1, 0.15) is 5.82 Å². The molecule has 1 aromatic rings. The molecular weight excluding hydrogens is 235 g/mol. The zero-order chi connectivity index (χ0) is 13.3. The first-order valence-electron chi connectivity index (χ1n) is 5.98. The largest absolute Gasteiger partial charge is 0.398 e. The Kier molecular flexibility index (Phi) is 3.52. The number of hydrogen-bond acceptors (Lipinski definition) is 3. The third-order valence-electron chi connectivity index (χ3n) is 3.46. The Labute approximate surface area is 105 Å². The Morgan fingerprint density at radius 3 is 2.89 bits per heavy atom. The van der Waals surface area contributed by atoms with Crippen molar-refractivity contribution in [3.63, 3.8) is 0 Å². The third-order valence-corrected chi connectivity index (χ3v) is 3.46. The van der Waals surface area contributed by atoms with Gasteiger partial charge in [0.05, 0.1) is 0 Å². The van der Waals surface area contributed by atoms with E-state index in [0.29, 0.717) is 18.7 Å². The molecule has 18 heavy (non-hydrogen) atoms. The van der Waals surface area contributed by atoms with Crippen LogP contribution >= 0.6 is 0 Å². The van der Waals surface area contributed by atoms with Gasteiger partial charge in [-0.05, 0) is 25.5 Å². The van der Waals surface area contributed by atoms with Gasteiger partial charge in [-0.25, -0.2) is 4.39 Å². The molecule has 0 spiro atoms. The molecule has 0 aliphatic carbocycles. The number of amides is 1. The summed E-state index contributed by atoms with van der Waals surface area (Å²) >= 11 is 0. The number of aliphatic hydroxyl groups excluding tert-OH is 1. The minimum atomic E-state index is -0.462. The lowest BCUT2D eigenvalue weighted by molar-refractivity contribution is 0.0781. The number of carbonyl (C=O) groups is 1. The van der Waals surface area contributed by atoms with Crippen molar-refractivity contribution >= 4 is 11.6 Å². The van der Waals surface area contributed by atoms with Crippen LogP contribution in [0.1, 0.15) is 22.3 Å². The Morgan fingerprint density at radius 1 is 1.61 bits per heavy atom. The first-order valence-corrected chi connectivity index (χ1v) is 5.98. The summed E-state index contributed by atoms with van der Waals surface area (Å²) in [5.41, 5.74) is 6.58. The fourth-order valence-electron chi connectivity index (χ4n) is 2.17. The minimum Gasteiger partial charge on any atom is -0.398 e. The van der Waals surface area contributed by atoms with E-state index in [-0.39, 0.29) is 29.7 Å². The first kappa shape index (κ1) is 12.8. The lowest BCUT2D eigenvalue weighted by atomic mass is 10.1. The van der Waals surface area contributed by atoms with Crippen molar-refractivity contribution in [3.8, 4) is 0 Å². The van der Waals surface area contributed by atoms with Gasteiger partial charge in [-0.15, -0.1) is 0 Å². The molecule has 98 valence electrons. The van der Waals surface area contributed by atoms with E-state index in [1.807, 2.05) is 0 Å². The maximum Gasteiger partial charge on any atom is 0.254 e. The minimum absolute atomic E-state index is 0.0776. The summed E-state index contributed by atoms with van der Waals surface area (Å²) in [4.78, 5) is 13.8. The van der Waals surface area contributed by atoms with Gasteiger partial charge < -0.3 is 15.7 Å². The van der Waals surface area contributed by atoms with Crippen LogP contribution in [0.2, 0.25) is 0 Å². The van der Waals surface area contributed by atoms with E-state index in [1.54, 1.807) is 11.8 Å². The predicted octanol–water partition coefficient (Wildman–Crippen LogP) is 1.17. The van der Waals surface area contributed by atoms with Crippen molar-refractivity contribution < 1.29 is 14.3 Å². The van der Waals surface area contributed by atoms with E-state index in [1.165, 1.54) is 12.1 Å². The molecule has 4 nitrogen and oxygen atoms in total. The summed E-state index contributed by atoms with van der Waals surface area (Å²) < 4.78 is 13.5. The summed E-state index contributed by atoms with van der Waals surface area (Å²) in [5.74, 6) is -0.561. The normalized spacial score (nSPS) is 19.3. The molecule has 1 aromatic carbocycles. The number of anilines is 1. The van der Waals surface area contributed by atoms with Gasteiger partial charge in [0, 0.05) is 42.4 Å². The number of carbonyl (C=O) groups excluding carboxylic acids is 1. The maximum absolute atomic E-state index is 13.5. The molecular formula is C13H17FN2O2. The second-order valence-corrected chi connectivity index (χ2v) is 4.76. The average molecular weight is 252 g/mol. The van der Waals surface area contributed by atoms with Crippen LogP contribution in [0.3, 0.4) is 0 Å². The standard InChI is InChI=1S/C13H17FN2O2/c1-8-11(14)4-10(5-12(8)15)13(18)16-3-2-9(6-16)7-17/h4-5,9,17H,2-3,6-7,15H2,1H3. The summed E-state index contributed by atoms with van der Waals surface area (Å²) in [6, 6.07) is 2.73. The highest BCUT2D eigenvalue weighted by Gasteiger charge is 2.26. The first-order chi connectivity index (χ1) is 8.52. The van der Waals surface area contributed by atoms with E-state index in [9.17, 15) is 9.18 Å². The van der Waals surface area contributed by atoms with E-state index < -0.39 is 5.82 Å². The van der Waals surface area contributed by atoms with Crippen molar-refractivity contribution in [2.24, 2.45) is 5.92 Å². The molecule has 1 aliphatic heterocycles. The molecule has 3 N–H and O–H groups in total. The summed E-state index contributed by atoms with van der Waals surface area (Å²) in [6.07, 6.45) is 0.784. The molecule has 0 saturated carbocycles. The summed E-state index contributed by atoms with van der Waals surface area (Å²) in [5, 5.41) is 9.04. The number of likely N-dealkylation sites (tertiary alicyclic amines) is 1. The molecule has 0 bridgehead atoms. The van der Waals surface area contributed by atoms with E-state index >= 15 is 0 Å². The number of hydrogen-bond donors (Lipinski definition) is 2. The number of nitrogen functional groups attached to an aromatic ring is 1. The van der Waals surface area contributed by atoms with Crippen molar-refractivity contribution in [2.45, 2.75) is 13.3 Å². The lowest BCUT2D eigenvalue weighted by Gasteiger charge is -2.17. The molecule has 1 heterocycles. The van der Waals surface area contributed by atoms with Crippen LogP contribution in [0.15, 0.2) is 12.1 Å². The third kappa shape index (κ3) is 2.31. The molecule has 1 fully saturated rings. The topological polar surface area (TPSA) is 66.6 Å². The number of rotatable bonds is 2. The molecule has 1 aliphatic rings. The van der Waals surface area contributed by atoms with Crippen LogP contribution in [0.5, 0.6) is 0 Å². The van der Waals surface area contributed by atoms with Crippen LogP contribution < -0.4 is 5.73 Å². The van der Waals surface area contributed by atoms with Crippen molar-refractivity contribution in [3.05, 3.63) is 29.1 Å². The fourth-order valence-corrected chi connectivity index (χ4v) is 2.17. The molecule has 2 rings (SSSR count). The summed E-state index contributed by atoms with van der Waals surface area (Å²) in [6.45, 7) is 2.77.